The van der Waals surface area contributed by atoms with Crippen LogP contribution in [0.1, 0.15) is 25.1 Å². The van der Waals surface area contributed by atoms with Crippen LogP contribution in [0.25, 0.3) is 10.8 Å². The molecular formula is C14H16N2O2. The minimum Gasteiger partial charge on any atom is -0.373 e. The van der Waals surface area contributed by atoms with Crippen LogP contribution in [-0.4, -0.2) is 16.1 Å². The molecular weight excluding hydrogens is 228 g/mol. The summed E-state index contributed by atoms with van der Waals surface area (Å²) in [6.07, 6.45) is 4.30. The topological polar surface area (TPSA) is 55.0 Å². The minimum atomic E-state index is -0.0544. The number of hydrogen-bond donors (Lipinski definition) is 1. The zero-order chi connectivity index (χ0) is 12.7. The molecule has 0 aromatic carbocycles. The van der Waals surface area contributed by atoms with Gasteiger partial charge >= 0.3 is 0 Å². The third kappa shape index (κ3) is 1.73. The van der Waals surface area contributed by atoms with Crippen LogP contribution in [0.5, 0.6) is 0 Å². The summed E-state index contributed by atoms with van der Waals surface area (Å²) >= 11 is 0. The fourth-order valence-corrected chi connectivity index (χ4v) is 2.50. The fourth-order valence-electron chi connectivity index (χ4n) is 2.50. The van der Waals surface area contributed by atoms with Crippen LogP contribution in [0.15, 0.2) is 23.3 Å². The number of hydrogen-bond acceptors (Lipinski definition) is 3. The van der Waals surface area contributed by atoms with E-state index in [1.54, 1.807) is 12.4 Å². The quantitative estimate of drug-likeness (QED) is 0.835. The summed E-state index contributed by atoms with van der Waals surface area (Å²) in [6.45, 7) is 4.84. The second kappa shape index (κ2) is 4.21. The molecule has 2 aromatic heterocycles. The largest absolute Gasteiger partial charge is 0.373 e. The van der Waals surface area contributed by atoms with Crippen molar-refractivity contribution in [2.45, 2.75) is 33.0 Å². The van der Waals surface area contributed by atoms with Gasteiger partial charge in [0.15, 0.2) is 0 Å². The van der Waals surface area contributed by atoms with Crippen molar-refractivity contribution in [2.75, 3.05) is 0 Å². The maximum absolute atomic E-state index is 12.0. The molecule has 1 aliphatic rings. The van der Waals surface area contributed by atoms with Crippen molar-refractivity contribution in [2.24, 2.45) is 5.92 Å². The lowest BCUT2D eigenvalue weighted by atomic mass is 9.95. The second-order valence-corrected chi connectivity index (χ2v) is 5.13. The predicted molar refractivity (Wildman–Crippen MR) is 69.5 cm³/mol. The van der Waals surface area contributed by atoms with Gasteiger partial charge in [0.25, 0.3) is 5.56 Å². The van der Waals surface area contributed by atoms with E-state index in [-0.39, 0.29) is 11.7 Å². The number of ether oxygens (including phenoxy) is 1. The molecule has 3 rings (SSSR count). The van der Waals surface area contributed by atoms with Gasteiger partial charge in [0.2, 0.25) is 0 Å². The molecule has 0 spiro atoms. The molecule has 1 atom stereocenters. The molecule has 0 bridgehead atoms. The van der Waals surface area contributed by atoms with Crippen molar-refractivity contribution in [3.8, 4) is 0 Å². The van der Waals surface area contributed by atoms with Gasteiger partial charge in [-0.25, -0.2) is 0 Å². The van der Waals surface area contributed by atoms with Gasteiger partial charge < -0.3 is 9.72 Å². The van der Waals surface area contributed by atoms with Crippen LogP contribution in [0.4, 0.5) is 0 Å². The second-order valence-electron chi connectivity index (χ2n) is 5.13. The minimum absolute atomic E-state index is 0.0544. The van der Waals surface area contributed by atoms with Crippen LogP contribution in [0, 0.1) is 5.92 Å². The highest BCUT2D eigenvalue weighted by Gasteiger charge is 2.24. The summed E-state index contributed by atoms with van der Waals surface area (Å²) in [5.41, 5.74) is 2.06. The van der Waals surface area contributed by atoms with Crippen LogP contribution in [-0.2, 0) is 17.8 Å². The summed E-state index contributed by atoms with van der Waals surface area (Å²) in [7, 11) is 0. The Labute approximate surface area is 105 Å². The maximum Gasteiger partial charge on any atom is 0.257 e. The molecule has 0 fully saturated rings. The number of H-pyrrole nitrogens is 1. The normalized spacial score (nSPS) is 19.2. The van der Waals surface area contributed by atoms with Gasteiger partial charge in [-0.05, 0) is 17.4 Å². The molecule has 0 aliphatic carbocycles. The van der Waals surface area contributed by atoms with Gasteiger partial charge in [0.1, 0.15) is 0 Å². The highest BCUT2D eigenvalue weighted by atomic mass is 16.5. The van der Waals surface area contributed by atoms with Gasteiger partial charge in [-0.15, -0.1) is 0 Å². The maximum atomic E-state index is 12.0. The Kier molecular flexibility index (Phi) is 2.67. The van der Waals surface area contributed by atoms with E-state index < -0.39 is 0 Å². The number of nitrogens with one attached hydrogen (secondary N) is 1. The van der Waals surface area contributed by atoms with Gasteiger partial charge in [-0.2, -0.15) is 0 Å². The molecule has 4 heteroatoms. The molecule has 3 heterocycles. The van der Waals surface area contributed by atoms with E-state index in [1.165, 1.54) is 0 Å². The third-order valence-electron chi connectivity index (χ3n) is 3.61. The summed E-state index contributed by atoms with van der Waals surface area (Å²) in [5.74, 6) is 0.454. The predicted octanol–water partition coefficient (Wildman–Crippen LogP) is 2.02. The van der Waals surface area contributed by atoms with Crippen molar-refractivity contribution >= 4 is 10.8 Å². The number of aromatic nitrogens is 2. The molecule has 0 saturated carbocycles. The monoisotopic (exact) mass is 244 g/mol. The van der Waals surface area contributed by atoms with Gasteiger partial charge in [-0.3, -0.25) is 9.78 Å². The van der Waals surface area contributed by atoms with E-state index in [1.807, 2.05) is 6.07 Å². The number of aromatic amines is 1. The Morgan fingerprint density at radius 3 is 3.06 bits per heavy atom. The van der Waals surface area contributed by atoms with E-state index in [0.29, 0.717) is 17.9 Å². The van der Waals surface area contributed by atoms with Crippen molar-refractivity contribution < 1.29 is 4.74 Å². The fraction of sp³-hybridized carbons (Fsp3) is 0.429. The number of pyridine rings is 2. The average Bonchev–Trinajstić information content (AvgIpc) is 2.38. The Balaban J connectivity index is 2.18. The van der Waals surface area contributed by atoms with E-state index in [9.17, 15) is 4.79 Å². The smallest absolute Gasteiger partial charge is 0.257 e. The average molecular weight is 244 g/mol. The van der Waals surface area contributed by atoms with E-state index >= 15 is 0 Å². The number of fused-ring (bicyclic) bond motifs is 3. The van der Waals surface area contributed by atoms with Crippen molar-refractivity contribution in [3.63, 3.8) is 0 Å². The van der Waals surface area contributed by atoms with Crippen molar-refractivity contribution in [1.29, 1.82) is 0 Å². The molecule has 0 radical (unpaired) electrons. The first kappa shape index (κ1) is 11.4. The van der Waals surface area contributed by atoms with Gasteiger partial charge in [0.05, 0.1) is 18.1 Å². The molecule has 4 nitrogen and oxygen atoms in total. The standard InChI is InChI=1S/C14H16N2O2/c1-8(2)13-5-12-11(7-18-13)9-3-4-15-6-10(9)14(17)16-12/h3-4,6,8,13H,5,7H2,1-2H3,(H,16,17). The van der Waals surface area contributed by atoms with Crippen molar-refractivity contribution in [3.05, 3.63) is 40.1 Å². The van der Waals surface area contributed by atoms with Crippen LogP contribution < -0.4 is 5.56 Å². The van der Waals surface area contributed by atoms with E-state index in [4.69, 9.17) is 4.74 Å². The van der Waals surface area contributed by atoms with Gasteiger partial charge in [-0.1, -0.05) is 13.8 Å². The Morgan fingerprint density at radius 2 is 2.28 bits per heavy atom. The van der Waals surface area contributed by atoms with Gasteiger partial charge in [0, 0.05) is 30.1 Å². The summed E-state index contributed by atoms with van der Waals surface area (Å²) in [5, 5.41) is 1.61. The number of rotatable bonds is 1. The lowest BCUT2D eigenvalue weighted by molar-refractivity contribution is -0.000824. The highest BCUT2D eigenvalue weighted by Crippen LogP contribution is 2.26. The number of nitrogens with zero attached hydrogens (tertiary/aromatic N) is 1. The molecule has 1 N–H and O–H groups in total. The first-order chi connectivity index (χ1) is 8.66. The first-order valence-corrected chi connectivity index (χ1v) is 6.26. The zero-order valence-corrected chi connectivity index (χ0v) is 10.6. The third-order valence-corrected chi connectivity index (χ3v) is 3.61. The Morgan fingerprint density at radius 1 is 1.44 bits per heavy atom. The Hall–Kier alpha value is -1.68. The Bertz CT molecular complexity index is 646. The SMILES string of the molecule is CC(C)C1Cc2[nH]c(=O)c3cnccc3c2CO1. The molecule has 18 heavy (non-hydrogen) atoms. The molecule has 1 aliphatic heterocycles. The zero-order valence-electron chi connectivity index (χ0n) is 10.6. The molecule has 0 saturated heterocycles. The first-order valence-electron chi connectivity index (χ1n) is 6.26. The lowest BCUT2D eigenvalue weighted by Gasteiger charge is -2.28. The molecule has 2 aromatic rings. The summed E-state index contributed by atoms with van der Waals surface area (Å²) in [6, 6.07) is 1.89. The van der Waals surface area contributed by atoms with Crippen LogP contribution in [0.2, 0.25) is 0 Å². The lowest BCUT2D eigenvalue weighted by Crippen LogP contribution is -2.30. The molecule has 1 unspecified atom stereocenters. The van der Waals surface area contributed by atoms with E-state index in [0.717, 1.165) is 23.1 Å². The summed E-state index contributed by atoms with van der Waals surface area (Å²) < 4.78 is 5.87. The highest BCUT2D eigenvalue weighted by molar-refractivity contribution is 5.84. The van der Waals surface area contributed by atoms with Crippen molar-refractivity contribution in [1.82, 2.24) is 9.97 Å². The van der Waals surface area contributed by atoms with Crippen LogP contribution in [0.3, 0.4) is 0 Å². The summed E-state index contributed by atoms with van der Waals surface area (Å²) in [4.78, 5) is 19.0. The molecule has 94 valence electrons. The van der Waals surface area contributed by atoms with E-state index in [2.05, 4.69) is 23.8 Å². The van der Waals surface area contributed by atoms with Crippen LogP contribution >= 0.6 is 0 Å². The molecule has 0 amide bonds.